The van der Waals surface area contributed by atoms with E-state index in [1.807, 2.05) is 62.4 Å². The average molecular weight is 453 g/mol. The van der Waals surface area contributed by atoms with E-state index in [0.717, 1.165) is 16.8 Å². The van der Waals surface area contributed by atoms with Crippen LogP contribution in [0.5, 0.6) is 0 Å². The topological polar surface area (TPSA) is 85.1 Å². The number of aryl methyl sites for hydroxylation is 2. The third kappa shape index (κ3) is 5.13. The van der Waals surface area contributed by atoms with E-state index in [2.05, 4.69) is 10.6 Å². The molecule has 3 aromatic rings. The molecule has 0 aliphatic rings. The van der Waals surface area contributed by atoms with Crippen LogP contribution >= 0.6 is 11.8 Å². The Morgan fingerprint density at radius 3 is 2.38 bits per heavy atom. The lowest BCUT2D eigenvalue weighted by Crippen LogP contribution is -2.28. The molecule has 2 amide bonds. The number of benzene rings is 2. The molecule has 2 N–H and O–H groups in total. The van der Waals surface area contributed by atoms with E-state index in [4.69, 9.17) is 0 Å². The highest BCUT2D eigenvalue weighted by Crippen LogP contribution is 2.19. The van der Waals surface area contributed by atoms with E-state index in [1.165, 1.54) is 16.4 Å². The normalized spacial score (nSPS) is 11.8. The van der Waals surface area contributed by atoms with Crippen LogP contribution in [-0.2, 0) is 16.6 Å². The molecule has 0 saturated carbocycles. The van der Waals surface area contributed by atoms with Crippen LogP contribution in [0.15, 0.2) is 53.3 Å². The third-order valence-electron chi connectivity index (χ3n) is 5.29. The van der Waals surface area contributed by atoms with Crippen LogP contribution in [0.4, 0.5) is 11.4 Å². The lowest BCUT2D eigenvalue weighted by atomic mass is 10.1. The molecule has 168 valence electrons. The lowest BCUT2D eigenvalue weighted by Gasteiger charge is -2.12. The summed E-state index contributed by atoms with van der Waals surface area (Å²) in [6.07, 6.45) is 0. The Bertz CT molecular complexity index is 1200. The molecular formula is C24H28N4O3S. The van der Waals surface area contributed by atoms with Gasteiger partial charge < -0.3 is 10.6 Å². The van der Waals surface area contributed by atoms with Gasteiger partial charge in [0, 0.05) is 12.7 Å². The SMILES string of the molecule is Cc1ccc(NC(=O)CSC(C)C(=O)Nc2c(C)n(C)n(-c3ccccc3)c2=O)c(C)c1. The zero-order chi connectivity index (χ0) is 23.4. The maximum atomic E-state index is 13.0. The molecule has 1 aromatic heterocycles. The smallest absolute Gasteiger partial charge is 0.295 e. The number of amides is 2. The van der Waals surface area contributed by atoms with Gasteiger partial charge in [-0.15, -0.1) is 11.8 Å². The van der Waals surface area contributed by atoms with E-state index in [9.17, 15) is 14.4 Å². The lowest BCUT2D eigenvalue weighted by molar-refractivity contribution is -0.115. The van der Waals surface area contributed by atoms with Crippen molar-refractivity contribution in [2.75, 3.05) is 16.4 Å². The van der Waals surface area contributed by atoms with Crippen LogP contribution in [0.3, 0.4) is 0 Å². The first-order chi connectivity index (χ1) is 15.2. The van der Waals surface area contributed by atoms with E-state index in [1.54, 1.807) is 25.6 Å². The van der Waals surface area contributed by atoms with Gasteiger partial charge in [0.1, 0.15) is 5.69 Å². The number of anilines is 2. The molecule has 1 heterocycles. The molecule has 0 saturated heterocycles. The molecule has 1 atom stereocenters. The predicted octanol–water partition coefficient (Wildman–Crippen LogP) is 3.80. The third-order valence-corrected chi connectivity index (χ3v) is 6.43. The Balaban J connectivity index is 1.63. The van der Waals surface area contributed by atoms with Crippen molar-refractivity contribution < 1.29 is 9.59 Å². The van der Waals surface area contributed by atoms with Crippen molar-refractivity contribution >= 4 is 35.0 Å². The van der Waals surface area contributed by atoms with Gasteiger partial charge in [-0.2, -0.15) is 0 Å². The number of thioether (sulfide) groups is 1. The molecule has 1 unspecified atom stereocenters. The van der Waals surface area contributed by atoms with Crippen LogP contribution in [0.1, 0.15) is 23.7 Å². The molecule has 32 heavy (non-hydrogen) atoms. The minimum atomic E-state index is -0.510. The Kier molecular flexibility index (Phi) is 7.25. The van der Waals surface area contributed by atoms with Gasteiger partial charge in [-0.1, -0.05) is 35.9 Å². The predicted molar refractivity (Wildman–Crippen MR) is 131 cm³/mol. The van der Waals surface area contributed by atoms with Crippen LogP contribution in [-0.4, -0.2) is 32.2 Å². The maximum absolute atomic E-state index is 13.0. The second-order valence-electron chi connectivity index (χ2n) is 7.75. The highest BCUT2D eigenvalue weighted by atomic mass is 32.2. The summed E-state index contributed by atoms with van der Waals surface area (Å²) in [5.41, 5.74) is 4.19. The van der Waals surface area contributed by atoms with E-state index >= 15 is 0 Å². The molecule has 0 aliphatic carbocycles. The van der Waals surface area contributed by atoms with Crippen LogP contribution in [0.25, 0.3) is 5.69 Å². The fourth-order valence-corrected chi connectivity index (χ4v) is 4.04. The largest absolute Gasteiger partial charge is 0.325 e. The molecule has 0 aliphatic heterocycles. The number of nitrogens with one attached hydrogen (secondary N) is 2. The summed E-state index contributed by atoms with van der Waals surface area (Å²) < 4.78 is 3.22. The summed E-state index contributed by atoms with van der Waals surface area (Å²) in [7, 11) is 1.77. The first kappa shape index (κ1) is 23.4. The molecular weight excluding hydrogens is 424 g/mol. The molecule has 0 spiro atoms. The minimum absolute atomic E-state index is 0.129. The molecule has 0 bridgehead atoms. The van der Waals surface area contributed by atoms with Crippen LogP contribution in [0, 0.1) is 20.8 Å². The van der Waals surface area contributed by atoms with Crippen molar-refractivity contribution in [1.29, 1.82) is 0 Å². The molecule has 2 aromatic carbocycles. The van der Waals surface area contributed by atoms with Gasteiger partial charge in [0.2, 0.25) is 11.8 Å². The van der Waals surface area contributed by atoms with Gasteiger partial charge in [0.25, 0.3) is 5.56 Å². The highest BCUT2D eigenvalue weighted by molar-refractivity contribution is 8.01. The Labute approximate surface area is 191 Å². The zero-order valence-electron chi connectivity index (χ0n) is 18.9. The number of nitrogens with zero attached hydrogens (tertiary/aromatic N) is 2. The molecule has 0 fully saturated rings. The Morgan fingerprint density at radius 2 is 1.72 bits per heavy atom. The second-order valence-corrected chi connectivity index (χ2v) is 9.07. The first-order valence-electron chi connectivity index (χ1n) is 10.3. The summed E-state index contributed by atoms with van der Waals surface area (Å²) in [6, 6.07) is 15.1. The van der Waals surface area contributed by atoms with Crippen molar-refractivity contribution in [3.63, 3.8) is 0 Å². The summed E-state index contributed by atoms with van der Waals surface area (Å²) >= 11 is 1.22. The van der Waals surface area contributed by atoms with E-state index in [0.29, 0.717) is 11.4 Å². The number of carbonyl (C=O) groups is 2. The molecule has 3 rings (SSSR count). The number of hydrogen-bond acceptors (Lipinski definition) is 4. The summed E-state index contributed by atoms with van der Waals surface area (Å²) in [6.45, 7) is 7.44. The van der Waals surface area contributed by atoms with Gasteiger partial charge in [0.15, 0.2) is 0 Å². The zero-order valence-corrected chi connectivity index (χ0v) is 19.7. The molecule has 8 heteroatoms. The average Bonchev–Trinajstić information content (AvgIpc) is 2.97. The quantitative estimate of drug-likeness (QED) is 0.571. The standard InChI is InChI=1S/C24H28N4O3S/c1-15-11-12-20(16(2)13-15)25-21(29)14-32-18(4)23(30)26-22-17(3)27(5)28(24(22)31)19-9-7-6-8-10-19/h6-13,18H,14H2,1-5H3,(H,25,29)(H,26,30). The summed E-state index contributed by atoms with van der Waals surface area (Å²) in [4.78, 5) is 38.0. The van der Waals surface area contributed by atoms with Gasteiger partial charge in [-0.05, 0) is 51.5 Å². The monoisotopic (exact) mass is 452 g/mol. The van der Waals surface area contributed by atoms with Crippen molar-refractivity contribution in [3.05, 3.63) is 75.7 Å². The summed E-state index contributed by atoms with van der Waals surface area (Å²) in [5, 5.41) is 5.12. The molecule has 7 nitrogen and oxygen atoms in total. The van der Waals surface area contributed by atoms with Crippen LogP contribution in [0.2, 0.25) is 0 Å². The van der Waals surface area contributed by atoms with Crippen LogP contribution < -0.4 is 16.2 Å². The van der Waals surface area contributed by atoms with Crippen molar-refractivity contribution in [2.45, 2.75) is 32.9 Å². The Hall–Kier alpha value is -3.26. The van der Waals surface area contributed by atoms with E-state index < -0.39 is 5.25 Å². The number of rotatable bonds is 7. The number of hydrogen-bond donors (Lipinski definition) is 2. The molecule has 0 radical (unpaired) electrons. The number of carbonyl (C=O) groups excluding carboxylic acids is 2. The van der Waals surface area contributed by atoms with Gasteiger partial charge in [0.05, 0.1) is 22.4 Å². The fourth-order valence-electron chi connectivity index (χ4n) is 3.35. The second kappa shape index (κ2) is 9.91. The maximum Gasteiger partial charge on any atom is 0.295 e. The minimum Gasteiger partial charge on any atom is -0.325 e. The first-order valence-corrected chi connectivity index (χ1v) is 11.4. The van der Waals surface area contributed by atoms with Gasteiger partial charge in [-0.25, -0.2) is 4.68 Å². The number of aromatic nitrogens is 2. The van der Waals surface area contributed by atoms with E-state index in [-0.39, 0.29) is 28.8 Å². The highest BCUT2D eigenvalue weighted by Gasteiger charge is 2.21. The number of para-hydroxylation sites is 1. The summed E-state index contributed by atoms with van der Waals surface area (Å²) in [5.74, 6) is -0.367. The van der Waals surface area contributed by atoms with Crippen molar-refractivity contribution in [3.8, 4) is 5.69 Å². The van der Waals surface area contributed by atoms with Crippen molar-refractivity contribution in [2.24, 2.45) is 7.05 Å². The van der Waals surface area contributed by atoms with Gasteiger partial charge >= 0.3 is 0 Å². The van der Waals surface area contributed by atoms with Crippen molar-refractivity contribution in [1.82, 2.24) is 9.36 Å². The Morgan fingerprint density at radius 1 is 1.03 bits per heavy atom. The fraction of sp³-hybridized carbons (Fsp3) is 0.292. The van der Waals surface area contributed by atoms with Gasteiger partial charge in [-0.3, -0.25) is 19.1 Å².